The lowest BCUT2D eigenvalue weighted by Crippen LogP contribution is -2.43. The van der Waals surface area contributed by atoms with Gasteiger partial charge in [-0.05, 0) is 25.0 Å². The van der Waals surface area contributed by atoms with Crippen LogP contribution in [0, 0.1) is 0 Å². The van der Waals surface area contributed by atoms with Gasteiger partial charge < -0.3 is 10.4 Å². The normalized spacial score (nSPS) is 17.6. The number of hydrogen-bond acceptors (Lipinski definition) is 4. The van der Waals surface area contributed by atoms with Crippen molar-refractivity contribution in [1.82, 2.24) is 15.2 Å². The molecule has 0 spiro atoms. The molecule has 98 valence electrons. The van der Waals surface area contributed by atoms with Crippen molar-refractivity contribution in [3.8, 4) is 5.75 Å². The highest BCUT2D eigenvalue weighted by molar-refractivity contribution is 5.73. The first-order valence-corrected chi connectivity index (χ1v) is 6.27. The number of pyridine rings is 1. The minimum absolute atomic E-state index is 0.0497. The highest BCUT2D eigenvalue weighted by Crippen LogP contribution is 2.14. The third kappa shape index (κ3) is 3.70. The maximum absolute atomic E-state index is 11.0. The van der Waals surface area contributed by atoms with E-state index in [2.05, 4.69) is 15.2 Å². The predicted octanol–water partition coefficient (Wildman–Crippen LogP) is 0.888. The van der Waals surface area contributed by atoms with E-state index in [1.807, 2.05) is 6.07 Å². The molecule has 0 unspecified atom stereocenters. The lowest BCUT2D eigenvalue weighted by atomic mass is 10.0. The van der Waals surface area contributed by atoms with Gasteiger partial charge in [-0.3, -0.25) is 14.7 Å². The quantitative estimate of drug-likeness (QED) is 0.835. The molecule has 0 aliphatic carbocycles. The molecule has 0 bridgehead atoms. The van der Waals surface area contributed by atoms with E-state index in [1.54, 1.807) is 13.0 Å². The van der Waals surface area contributed by atoms with Crippen LogP contribution >= 0.6 is 0 Å². The molecule has 1 aliphatic rings. The summed E-state index contributed by atoms with van der Waals surface area (Å²) in [5.74, 6) is 0.247. The number of hydrogen-bond donors (Lipinski definition) is 2. The fraction of sp³-hybridized carbons (Fsp3) is 0.538. The Bertz CT molecular complexity index is 397. The van der Waals surface area contributed by atoms with Crippen LogP contribution in [0.4, 0.5) is 0 Å². The van der Waals surface area contributed by atoms with Crippen LogP contribution in [0.5, 0.6) is 5.75 Å². The number of aromatic hydroxyl groups is 1. The summed E-state index contributed by atoms with van der Waals surface area (Å²) >= 11 is 0. The van der Waals surface area contributed by atoms with Crippen LogP contribution in [0.3, 0.4) is 0 Å². The van der Waals surface area contributed by atoms with E-state index in [1.165, 1.54) is 6.20 Å². The van der Waals surface area contributed by atoms with Gasteiger partial charge in [0.2, 0.25) is 5.91 Å². The number of likely N-dealkylation sites (tertiary alicyclic amines) is 1. The van der Waals surface area contributed by atoms with Crippen molar-refractivity contribution in [3.63, 3.8) is 0 Å². The number of nitrogens with zero attached hydrogens (tertiary/aromatic N) is 2. The van der Waals surface area contributed by atoms with Gasteiger partial charge in [-0.25, -0.2) is 0 Å². The van der Waals surface area contributed by atoms with Crippen LogP contribution in [0.15, 0.2) is 18.3 Å². The van der Waals surface area contributed by atoms with Gasteiger partial charge in [-0.2, -0.15) is 0 Å². The van der Waals surface area contributed by atoms with Crippen LogP contribution in [-0.4, -0.2) is 40.0 Å². The standard InChI is InChI=1S/C13H19N3O2/c1-10(17)15-11-4-6-16(7-5-11)9-12-2-3-13(18)8-14-12/h2-3,8,11,18H,4-7,9H2,1H3,(H,15,17). The average Bonchev–Trinajstić information content (AvgIpc) is 2.34. The summed E-state index contributed by atoms with van der Waals surface area (Å²) in [6.45, 7) is 4.29. The Morgan fingerprint density at radius 3 is 2.78 bits per heavy atom. The first-order chi connectivity index (χ1) is 8.63. The van der Waals surface area contributed by atoms with E-state index in [-0.39, 0.29) is 11.7 Å². The summed E-state index contributed by atoms with van der Waals surface area (Å²) in [6, 6.07) is 3.81. The monoisotopic (exact) mass is 249 g/mol. The topological polar surface area (TPSA) is 65.5 Å². The van der Waals surface area contributed by atoms with E-state index in [0.29, 0.717) is 6.04 Å². The van der Waals surface area contributed by atoms with Crippen molar-refractivity contribution in [2.24, 2.45) is 0 Å². The Labute approximate surface area is 107 Å². The Hall–Kier alpha value is -1.62. The second kappa shape index (κ2) is 5.82. The van der Waals surface area contributed by atoms with E-state index in [0.717, 1.165) is 38.2 Å². The largest absolute Gasteiger partial charge is 0.506 e. The van der Waals surface area contributed by atoms with Crippen molar-refractivity contribution >= 4 is 5.91 Å². The van der Waals surface area contributed by atoms with Crippen LogP contribution in [-0.2, 0) is 11.3 Å². The molecule has 1 aliphatic heterocycles. The molecule has 1 saturated heterocycles. The van der Waals surface area contributed by atoms with Gasteiger partial charge in [0.25, 0.3) is 0 Å². The number of carbonyl (C=O) groups excluding carboxylic acids is 1. The fourth-order valence-electron chi connectivity index (χ4n) is 2.26. The molecule has 2 heterocycles. The van der Waals surface area contributed by atoms with Gasteiger partial charge in [-0.15, -0.1) is 0 Å². The fourth-order valence-corrected chi connectivity index (χ4v) is 2.26. The van der Waals surface area contributed by atoms with Gasteiger partial charge in [-0.1, -0.05) is 0 Å². The van der Waals surface area contributed by atoms with Gasteiger partial charge >= 0.3 is 0 Å². The summed E-state index contributed by atoms with van der Waals surface area (Å²) in [7, 11) is 0. The van der Waals surface area contributed by atoms with Gasteiger partial charge in [0.1, 0.15) is 5.75 Å². The second-order valence-electron chi connectivity index (χ2n) is 4.76. The van der Waals surface area contributed by atoms with Gasteiger partial charge in [0.05, 0.1) is 11.9 Å². The maximum atomic E-state index is 11.0. The zero-order valence-corrected chi connectivity index (χ0v) is 10.6. The van der Waals surface area contributed by atoms with Crippen LogP contribution in [0.2, 0.25) is 0 Å². The van der Waals surface area contributed by atoms with Crippen molar-refractivity contribution in [3.05, 3.63) is 24.0 Å². The smallest absolute Gasteiger partial charge is 0.217 e. The number of piperidine rings is 1. The van der Waals surface area contributed by atoms with Crippen molar-refractivity contribution in [1.29, 1.82) is 0 Å². The predicted molar refractivity (Wildman–Crippen MR) is 68.0 cm³/mol. The van der Waals surface area contributed by atoms with Crippen LogP contribution < -0.4 is 5.32 Å². The molecule has 1 amide bonds. The lowest BCUT2D eigenvalue weighted by Gasteiger charge is -2.31. The molecule has 0 atom stereocenters. The zero-order valence-electron chi connectivity index (χ0n) is 10.6. The lowest BCUT2D eigenvalue weighted by molar-refractivity contribution is -0.119. The van der Waals surface area contributed by atoms with Crippen LogP contribution in [0.1, 0.15) is 25.5 Å². The van der Waals surface area contributed by atoms with Gasteiger partial charge in [0, 0.05) is 32.6 Å². The highest BCUT2D eigenvalue weighted by Gasteiger charge is 2.19. The molecule has 1 aromatic heterocycles. The summed E-state index contributed by atoms with van der Waals surface area (Å²) in [5.41, 5.74) is 0.964. The summed E-state index contributed by atoms with van der Waals surface area (Å²) < 4.78 is 0. The molecule has 2 N–H and O–H groups in total. The molecule has 1 fully saturated rings. The molecule has 5 nitrogen and oxygen atoms in total. The molecule has 0 saturated carbocycles. The Kier molecular flexibility index (Phi) is 4.15. The average molecular weight is 249 g/mol. The molecule has 2 rings (SSSR count). The van der Waals surface area contributed by atoms with Gasteiger partial charge in [0.15, 0.2) is 0 Å². The zero-order chi connectivity index (χ0) is 13.0. The Morgan fingerprint density at radius 2 is 2.22 bits per heavy atom. The molecule has 0 aromatic carbocycles. The minimum atomic E-state index is 0.0497. The third-order valence-electron chi connectivity index (χ3n) is 3.19. The molecule has 18 heavy (non-hydrogen) atoms. The molecular weight excluding hydrogens is 230 g/mol. The van der Waals surface area contributed by atoms with E-state index in [4.69, 9.17) is 5.11 Å². The van der Waals surface area contributed by atoms with E-state index in [9.17, 15) is 4.79 Å². The summed E-state index contributed by atoms with van der Waals surface area (Å²) in [4.78, 5) is 17.5. The SMILES string of the molecule is CC(=O)NC1CCN(Cc2ccc(O)cn2)CC1. The third-order valence-corrected chi connectivity index (χ3v) is 3.19. The molecule has 1 aromatic rings. The summed E-state index contributed by atoms with van der Waals surface area (Å²) in [6.07, 6.45) is 3.44. The molecule has 5 heteroatoms. The Balaban J connectivity index is 1.79. The first kappa shape index (κ1) is 12.8. The number of rotatable bonds is 3. The van der Waals surface area contributed by atoms with E-state index >= 15 is 0 Å². The van der Waals surface area contributed by atoms with Crippen LogP contribution in [0.25, 0.3) is 0 Å². The number of carbonyl (C=O) groups is 1. The first-order valence-electron chi connectivity index (χ1n) is 6.27. The maximum Gasteiger partial charge on any atom is 0.217 e. The number of nitrogens with one attached hydrogen (secondary N) is 1. The summed E-state index contributed by atoms with van der Waals surface area (Å²) in [5, 5.41) is 12.1. The molecule has 0 radical (unpaired) electrons. The molecular formula is C13H19N3O2. The van der Waals surface area contributed by atoms with Crippen molar-refractivity contribution in [2.45, 2.75) is 32.4 Å². The second-order valence-corrected chi connectivity index (χ2v) is 4.76. The highest BCUT2D eigenvalue weighted by atomic mass is 16.3. The minimum Gasteiger partial charge on any atom is -0.506 e. The van der Waals surface area contributed by atoms with Crippen molar-refractivity contribution < 1.29 is 9.90 Å². The van der Waals surface area contributed by atoms with Crippen molar-refractivity contribution in [2.75, 3.05) is 13.1 Å². The number of aromatic nitrogens is 1. The Morgan fingerprint density at radius 1 is 1.50 bits per heavy atom. The van der Waals surface area contributed by atoms with E-state index < -0.39 is 0 Å². The number of amides is 1.